The largest absolute Gasteiger partial charge is 0.391 e. The molecule has 0 spiro atoms. The molecule has 3 heteroatoms. The Morgan fingerprint density at radius 1 is 1.24 bits per heavy atom. The van der Waals surface area contributed by atoms with Gasteiger partial charge in [0.1, 0.15) is 5.01 Å². The van der Waals surface area contributed by atoms with Crippen LogP contribution in [0.25, 0.3) is 10.6 Å². The van der Waals surface area contributed by atoms with Gasteiger partial charge in [0.05, 0.1) is 11.5 Å². The summed E-state index contributed by atoms with van der Waals surface area (Å²) in [4.78, 5) is 5.21. The summed E-state index contributed by atoms with van der Waals surface area (Å²) in [6, 6.07) is 8.54. The van der Waals surface area contributed by atoms with Gasteiger partial charge in [-0.1, -0.05) is 38.1 Å². The predicted molar refractivity (Wildman–Crippen MR) is 72.0 cm³/mol. The second-order valence-electron chi connectivity index (χ2n) is 4.58. The SMILES string of the molecule is CC(C)Cc1ccc(-c2ncc(CO)s2)cc1. The molecular formula is C14H17NOS. The molecule has 1 aromatic carbocycles. The van der Waals surface area contributed by atoms with Gasteiger partial charge in [0.25, 0.3) is 0 Å². The van der Waals surface area contributed by atoms with Gasteiger partial charge in [0.15, 0.2) is 0 Å². The van der Waals surface area contributed by atoms with Crippen LogP contribution in [0.1, 0.15) is 24.3 Å². The molecule has 1 heterocycles. The monoisotopic (exact) mass is 247 g/mol. The lowest BCUT2D eigenvalue weighted by Crippen LogP contribution is -1.93. The molecule has 0 bridgehead atoms. The van der Waals surface area contributed by atoms with E-state index < -0.39 is 0 Å². The number of benzene rings is 1. The van der Waals surface area contributed by atoms with Crippen molar-refractivity contribution in [2.24, 2.45) is 5.92 Å². The molecule has 2 aromatic rings. The molecule has 0 aliphatic rings. The van der Waals surface area contributed by atoms with Crippen molar-refractivity contribution < 1.29 is 5.11 Å². The molecule has 0 unspecified atom stereocenters. The molecule has 2 rings (SSSR count). The fraction of sp³-hybridized carbons (Fsp3) is 0.357. The highest BCUT2D eigenvalue weighted by Crippen LogP contribution is 2.25. The lowest BCUT2D eigenvalue weighted by Gasteiger charge is -2.05. The van der Waals surface area contributed by atoms with Crippen molar-refractivity contribution in [3.8, 4) is 10.6 Å². The maximum atomic E-state index is 9.01. The van der Waals surface area contributed by atoms with Crippen LogP contribution in [-0.4, -0.2) is 10.1 Å². The highest BCUT2D eigenvalue weighted by atomic mass is 32.1. The maximum Gasteiger partial charge on any atom is 0.123 e. The average Bonchev–Trinajstić information content (AvgIpc) is 2.78. The van der Waals surface area contributed by atoms with Crippen molar-refractivity contribution >= 4 is 11.3 Å². The molecule has 17 heavy (non-hydrogen) atoms. The van der Waals surface area contributed by atoms with E-state index in [9.17, 15) is 0 Å². The highest BCUT2D eigenvalue weighted by Gasteiger charge is 2.04. The van der Waals surface area contributed by atoms with E-state index in [-0.39, 0.29) is 6.61 Å². The second-order valence-corrected chi connectivity index (χ2v) is 5.70. The number of aromatic nitrogens is 1. The molecule has 0 fully saturated rings. The summed E-state index contributed by atoms with van der Waals surface area (Å²) in [7, 11) is 0. The Bertz CT molecular complexity index is 473. The van der Waals surface area contributed by atoms with Gasteiger partial charge in [0, 0.05) is 11.8 Å². The van der Waals surface area contributed by atoms with Crippen LogP contribution >= 0.6 is 11.3 Å². The van der Waals surface area contributed by atoms with Gasteiger partial charge in [0.2, 0.25) is 0 Å². The Kier molecular flexibility index (Phi) is 3.92. The van der Waals surface area contributed by atoms with Crippen LogP contribution in [0.4, 0.5) is 0 Å². The Labute approximate surface area is 106 Å². The predicted octanol–water partition coefficient (Wildman–Crippen LogP) is 3.50. The standard InChI is InChI=1S/C14H17NOS/c1-10(2)7-11-3-5-12(6-4-11)14-15-8-13(9-16)17-14/h3-6,8,10,16H,7,9H2,1-2H3. The Hall–Kier alpha value is -1.19. The van der Waals surface area contributed by atoms with Crippen LogP contribution in [0.5, 0.6) is 0 Å². The Balaban J connectivity index is 2.17. The topological polar surface area (TPSA) is 33.1 Å². The van der Waals surface area contributed by atoms with E-state index in [4.69, 9.17) is 5.11 Å². The summed E-state index contributed by atoms with van der Waals surface area (Å²) in [5.74, 6) is 0.682. The summed E-state index contributed by atoms with van der Waals surface area (Å²) in [5, 5.41) is 9.99. The van der Waals surface area contributed by atoms with Crippen molar-refractivity contribution in [1.29, 1.82) is 0 Å². The van der Waals surface area contributed by atoms with Gasteiger partial charge in [-0.25, -0.2) is 4.98 Å². The zero-order valence-corrected chi connectivity index (χ0v) is 11.0. The zero-order valence-electron chi connectivity index (χ0n) is 10.2. The quantitative estimate of drug-likeness (QED) is 0.897. The minimum atomic E-state index is 0.0725. The normalized spacial score (nSPS) is 11.1. The Morgan fingerprint density at radius 3 is 2.47 bits per heavy atom. The van der Waals surface area contributed by atoms with Crippen LogP contribution in [0, 0.1) is 5.92 Å². The third-order valence-corrected chi connectivity index (χ3v) is 3.59. The molecule has 0 aliphatic carbocycles. The molecule has 0 aliphatic heterocycles. The first-order valence-electron chi connectivity index (χ1n) is 5.84. The van der Waals surface area contributed by atoms with E-state index in [1.807, 2.05) is 0 Å². The van der Waals surface area contributed by atoms with Gasteiger partial charge >= 0.3 is 0 Å². The minimum Gasteiger partial charge on any atom is -0.391 e. The fourth-order valence-corrected chi connectivity index (χ4v) is 2.55. The molecule has 1 N–H and O–H groups in total. The molecule has 1 aromatic heterocycles. The highest BCUT2D eigenvalue weighted by molar-refractivity contribution is 7.15. The number of nitrogens with zero attached hydrogens (tertiary/aromatic N) is 1. The van der Waals surface area contributed by atoms with Gasteiger partial charge in [-0.15, -0.1) is 11.3 Å². The minimum absolute atomic E-state index is 0.0725. The van der Waals surface area contributed by atoms with E-state index in [0.717, 1.165) is 21.9 Å². The van der Waals surface area contributed by atoms with E-state index in [1.54, 1.807) is 17.5 Å². The average molecular weight is 247 g/mol. The van der Waals surface area contributed by atoms with Crippen LogP contribution in [-0.2, 0) is 13.0 Å². The number of hydrogen-bond acceptors (Lipinski definition) is 3. The van der Waals surface area contributed by atoms with Crippen LogP contribution in [0.3, 0.4) is 0 Å². The van der Waals surface area contributed by atoms with E-state index >= 15 is 0 Å². The van der Waals surface area contributed by atoms with Crippen molar-refractivity contribution in [2.75, 3.05) is 0 Å². The maximum absolute atomic E-state index is 9.01. The number of hydrogen-bond donors (Lipinski definition) is 1. The van der Waals surface area contributed by atoms with Crippen molar-refractivity contribution in [1.82, 2.24) is 4.98 Å². The number of rotatable bonds is 4. The smallest absolute Gasteiger partial charge is 0.123 e. The van der Waals surface area contributed by atoms with E-state index in [2.05, 4.69) is 43.1 Å². The zero-order chi connectivity index (χ0) is 12.3. The van der Waals surface area contributed by atoms with E-state index in [0.29, 0.717) is 5.92 Å². The molecule has 0 saturated carbocycles. The van der Waals surface area contributed by atoms with Crippen molar-refractivity contribution in [2.45, 2.75) is 26.9 Å². The van der Waals surface area contributed by atoms with E-state index in [1.165, 1.54) is 5.56 Å². The molecule has 0 atom stereocenters. The van der Waals surface area contributed by atoms with Gasteiger partial charge in [-0.2, -0.15) is 0 Å². The summed E-state index contributed by atoms with van der Waals surface area (Å²) < 4.78 is 0. The lowest BCUT2D eigenvalue weighted by molar-refractivity contribution is 0.285. The van der Waals surface area contributed by atoms with Gasteiger partial charge in [-0.05, 0) is 17.9 Å². The Morgan fingerprint density at radius 2 is 1.94 bits per heavy atom. The molecule has 2 nitrogen and oxygen atoms in total. The first-order chi connectivity index (χ1) is 8.19. The number of thiazole rings is 1. The van der Waals surface area contributed by atoms with Gasteiger partial charge in [-0.3, -0.25) is 0 Å². The third kappa shape index (κ3) is 3.14. The first-order valence-corrected chi connectivity index (χ1v) is 6.65. The first kappa shape index (κ1) is 12.3. The molecule has 0 amide bonds. The second kappa shape index (κ2) is 5.43. The van der Waals surface area contributed by atoms with Gasteiger partial charge < -0.3 is 5.11 Å². The third-order valence-electron chi connectivity index (χ3n) is 2.55. The summed E-state index contributed by atoms with van der Waals surface area (Å²) >= 11 is 1.54. The number of aliphatic hydroxyl groups excluding tert-OH is 1. The summed E-state index contributed by atoms with van der Waals surface area (Å²) in [6.45, 7) is 4.52. The summed E-state index contributed by atoms with van der Waals surface area (Å²) in [5.41, 5.74) is 2.49. The molecule has 0 radical (unpaired) electrons. The summed E-state index contributed by atoms with van der Waals surface area (Å²) in [6.07, 6.45) is 2.85. The van der Waals surface area contributed by atoms with Crippen LogP contribution < -0.4 is 0 Å². The molecule has 90 valence electrons. The van der Waals surface area contributed by atoms with Crippen molar-refractivity contribution in [3.63, 3.8) is 0 Å². The van der Waals surface area contributed by atoms with Crippen molar-refractivity contribution in [3.05, 3.63) is 40.9 Å². The molecule has 0 saturated heterocycles. The lowest BCUT2D eigenvalue weighted by atomic mass is 10.0. The number of aliphatic hydroxyl groups is 1. The van der Waals surface area contributed by atoms with Crippen LogP contribution in [0.2, 0.25) is 0 Å². The fourth-order valence-electron chi connectivity index (χ4n) is 1.77. The van der Waals surface area contributed by atoms with Crippen LogP contribution in [0.15, 0.2) is 30.5 Å². The molecular weight excluding hydrogens is 230 g/mol.